The van der Waals surface area contributed by atoms with E-state index >= 15 is 0 Å². The topological polar surface area (TPSA) is 43.8 Å². The van der Waals surface area contributed by atoms with E-state index in [4.69, 9.17) is 14.7 Å². The van der Waals surface area contributed by atoms with Crippen molar-refractivity contribution in [3.05, 3.63) is 180 Å². The molecule has 0 N–H and O–H groups in total. The van der Waals surface area contributed by atoms with Gasteiger partial charge in [0.1, 0.15) is 22.8 Å². The Morgan fingerprint density at radius 1 is 0.373 bits per heavy atom. The second-order valence-electron chi connectivity index (χ2n) is 16.0. The average Bonchev–Trinajstić information content (AvgIpc) is 3.84. The maximum absolute atomic E-state index is 6.84. The van der Waals surface area contributed by atoms with Crippen LogP contribution in [0, 0.1) is 27.7 Å². The molecule has 0 unspecified atom stereocenters. The molecule has 280 valence electrons. The number of rotatable bonds is 4. The molecule has 8 aromatic carbocycles. The molecule has 0 aliphatic heterocycles. The zero-order valence-corrected chi connectivity index (χ0v) is 33.2. The number of aromatic nitrogens is 4. The zero-order valence-electron chi connectivity index (χ0n) is 33.2. The van der Waals surface area contributed by atoms with E-state index in [2.05, 4.69) is 194 Å². The van der Waals surface area contributed by atoms with Crippen molar-refractivity contribution in [2.45, 2.75) is 27.7 Å². The SMILES string of the molecule is Cc1cccc(C)c1-c1cccc2c3ccc(Oc4ccc5c(c4)c4nc6ccccc6n4c4c(-c6c(C)cccc6C)cccc54)cc3c3nc4ccccc4n3c12. The van der Waals surface area contributed by atoms with Crippen LogP contribution in [0.2, 0.25) is 0 Å². The predicted octanol–water partition coefficient (Wildman–Crippen LogP) is 14.3. The first-order valence-corrected chi connectivity index (χ1v) is 20.3. The molecule has 0 bridgehead atoms. The molecule has 0 aliphatic carbocycles. The van der Waals surface area contributed by atoms with Gasteiger partial charge in [-0.3, -0.25) is 8.80 Å². The lowest BCUT2D eigenvalue weighted by molar-refractivity contribution is 0.484. The highest BCUT2D eigenvalue weighted by Gasteiger charge is 2.21. The number of hydrogen-bond donors (Lipinski definition) is 0. The number of fused-ring (bicyclic) bond motifs is 16. The van der Waals surface area contributed by atoms with Gasteiger partial charge in [-0.15, -0.1) is 0 Å². The molecule has 0 saturated carbocycles. The van der Waals surface area contributed by atoms with Gasteiger partial charge in [0.25, 0.3) is 0 Å². The van der Waals surface area contributed by atoms with Crippen molar-refractivity contribution >= 4 is 76.7 Å². The van der Waals surface area contributed by atoms with Crippen molar-refractivity contribution in [2.24, 2.45) is 0 Å². The van der Waals surface area contributed by atoms with Crippen molar-refractivity contribution < 1.29 is 4.74 Å². The minimum Gasteiger partial charge on any atom is -0.457 e. The summed E-state index contributed by atoms with van der Waals surface area (Å²) in [5.41, 5.74) is 18.2. The molecule has 0 atom stereocenters. The standard InChI is InChI=1S/C54H38N4O/c1-31-13-9-14-32(2)49(31)41-19-11-17-39-37-27-25-35(29-43(37)53-55-45-21-5-7-23-47(45)57(53)51(39)41)59-36-26-28-38-40-18-12-20-42(50-33(3)15-10-16-34(50)4)52(40)58-48-24-8-6-22-46(48)56-54(58)44(38)30-36/h5-30H,1-4H3. The summed E-state index contributed by atoms with van der Waals surface area (Å²) in [6, 6.07) is 56.2. The van der Waals surface area contributed by atoms with E-state index in [1.807, 2.05) is 0 Å². The minimum atomic E-state index is 0.749. The number of para-hydroxylation sites is 6. The summed E-state index contributed by atoms with van der Waals surface area (Å²) in [7, 11) is 0. The van der Waals surface area contributed by atoms with Crippen LogP contribution in [0.15, 0.2) is 158 Å². The number of ether oxygens (including phenoxy) is 1. The maximum Gasteiger partial charge on any atom is 0.146 e. The highest BCUT2D eigenvalue weighted by atomic mass is 16.5. The largest absolute Gasteiger partial charge is 0.457 e. The molecule has 5 nitrogen and oxygen atoms in total. The molecule has 0 saturated heterocycles. The fraction of sp³-hybridized carbons (Fsp3) is 0.0741. The van der Waals surface area contributed by atoms with E-state index < -0.39 is 0 Å². The monoisotopic (exact) mass is 758 g/mol. The van der Waals surface area contributed by atoms with Crippen molar-refractivity contribution in [1.82, 2.24) is 18.8 Å². The second-order valence-corrected chi connectivity index (χ2v) is 16.0. The number of imidazole rings is 2. The lowest BCUT2D eigenvalue weighted by Crippen LogP contribution is -1.97. The van der Waals surface area contributed by atoms with E-state index in [9.17, 15) is 0 Å². The van der Waals surface area contributed by atoms with Crippen LogP contribution in [0.5, 0.6) is 11.5 Å². The Bertz CT molecular complexity index is 3470. The third kappa shape index (κ3) is 4.85. The first-order valence-electron chi connectivity index (χ1n) is 20.3. The molecule has 12 aromatic rings. The van der Waals surface area contributed by atoms with Crippen LogP contribution in [0.25, 0.3) is 99.0 Å². The van der Waals surface area contributed by atoms with Crippen LogP contribution < -0.4 is 4.74 Å². The van der Waals surface area contributed by atoms with Crippen LogP contribution in [-0.4, -0.2) is 18.8 Å². The third-order valence-corrected chi connectivity index (χ3v) is 12.4. The summed E-state index contributed by atoms with van der Waals surface area (Å²) in [6.45, 7) is 8.81. The first-order chi connectivity index (χ1) is 28.9. The Hall–Kier alpha value is -7.50. The van der Waals surface area contributed by atoms with Gasteiger partial charge in [0.2, 0.25) is 0 Å². The molecule has 0 aliphatic rings. The van der Waals surface area contributed by atoms with E-state index in [-0.39, 0.29) is 0 Å². The Balaban J connectivity index is 1.08. The molecule has 59 heavy (non-hydrogen) atoms. The van der Waals surface area contributed by atoms with Crippen LogP contribution >= 0.6 is 0 Å². The molecular formula is C54H38N4O. The van der Waals surface area contributed by atoms with Gasteiger partial charge in [-0.05, 0) is 133 Å². The number of pyridine rings is 2. The Morgan fingerprint density at radius 2 is 0.780 bits per heavy atom. The van der Waals surface area contributed by atoms with Crippen LogP contribution in [-0.2, 0) is 0 Å². The molecule has 0 radical (unpaired) electrons. The normalized spacial score (nSPS) is 12.1. The van der Waals surface area contributed by atoms with Gasteiger partial charge < -0.3 is 4.74 Å². The number of hydrogen-bond acceptors (Lipinski definition) is 3. The summed E-state index contributed by atoms with van der Waals surface area (Å²) in [6.07, 6.45) is 0. The summed E-state index contributed by atoms with van der Waals surface area (Å²) in [5.74, 6) is 1.50. The molecule has 0 fully saturated rings. The lowest BCUT2D eigenvalue weighted by atomic mass is 9.92. The van der Waals surface area contributed by atoms with Gasteiger partial charge in [0.15, 0.2) is 0 Å². The quantitative estimate of drug-likeness (QED) is 0.168. The summed E-state index contributed by atoms with van der Waals surface area (Å²) in [5, 5.41) is 6.70. The van der Waals surface area contributed by atoms with E-state index in [0.29, 0.717) is 0 Å². The Morgan fingerprint density at radius 3 is 1.22 bits per heavy atom. The van der Waals surface area contributed by atoms with Crippen molar-refractivity contribution in [1.29, 1.82) is 0 Å². The second kappa shape index (κ2) is 12.5. The van der Waals surface area contributed by atoms with Gasteiger partial charge in [-0.1, -0.05) is 97.1 Å². The number of aryl methyl sites for hydroxylation is 4. The van der Waals surface area contributed by atoms with E-state index in [1.165, 1.54) is 55.3 Å². The highest BCUT2D eigenvalue weighted by molar-refractivity contribution is 6.19. The van der Waals surface area contributed by atoms with Gasteiger partial charge in [-0.25, -0.2) is 9.97 Å². The Labute approximate surface area is 340 Å². The Kier molecular flexibility index (Phi) is 7.12. The molecule has 5 heteroatoms. The lowest BCUT2D eigenvalue weighted by Gasteiger charge is -2.17. The van der Waals surface area contributed by atoms with Crippen LogP contribution in [0.4, 0.5) is 0 Å². The maximum atomic E-state index is 6.84. The predicted molar refractivity (Wildman–Crippen MR) is 245 cm³/mol. The summed E-state index contributed by atoms with van der Waals surface area (Å²) >= 11 is 0. The molecular weight excluding hydrogens is 721 g/mol. The average molecular weight is 759 g/mol. The minimum absolute atomic E-state index is 0.749. The van der Waals surface area contributed by atoms with Crippen molar-refractivity contribution in [3.8, 4) is 33.8 Å². The third-order valence-electron chi connectivity index (χ3n) is 12.4. The van der Waals surface area contributed by atoms with E-state index in [1.54, 1.807) is 0 Å². The summed E-state index contributed by atoms with van der Waals surface area (Å²) in [4.78, 5) is 10.6. The first kappa shape index (κ1) is 33.6. The number of benzene rings is 8. The van der Waals surface area contributed by atoms with Crippen molar-refractivity contribution in [3.63, 3.8) is 0 Å². The smallest absolute Gasteiger partial charge is 0.146 e. The zero-order chi connectivity index (χ0) is 39.5. The number of nitrogens with zero attached hydrogens (tertiary/aromatic N) is 4. The van der Waals surface area contributed by atoms with Crippen LogP contribution in [0.1, 0.15) is 22.3 Å². The van der Waals surface area contributed by atoms with Gasteiger partial charge in [0.05, 0.1) is 33.1 Å². The molecule has 12 rings (SSSR count). The van der Waals surface area contributed by atoms with Gasteiger partial charge in [0, 0.05) is 32.7 Å². The van der Waals surface area contributed by atoms with Crippen molar-refractivity contribution in [2.75, 3.05) is 0 Å². The fourth-order valence-electron chi connectivity index (χ4n) is 9.90. The van der Waals surface area contributed by atoms with Gasteiger partial charge in [-0.2, -0.15) is 0 Å². The molecule has 0 amide bonds. The highest BCUT2D eigenvalue weighted by Crippen LogP contribution is 2.43. The van der Waals surface area contributed by atoms with Gasteiger partial charge >= 0.3 is 0 Å². The molecule has 0 spiro atoms. The summed E-state index contributed by atoms with van der Waals surface area (Å²) < 4.78 is 11.5. The fourth-order valence-corrected chi connectivity index (χ4v) is 9.90. The van der Waals surface area contributed by atoms with Crippen LogP contribution in [0.3, 0.4) is 0 Å². The molecule has 4 aromatic heterocycles. The molecule has 4 heterocycles. The van der Waals surface area contributed by atoms with E-state index in [0.717, 1.165) is 77.4 Å².